The van der Waals surface area contributed by atoms with Crippen LogP contribution in [0.1, 0.15) is 0 Å². The van der Waals surface area contributed by atoms with Crippen LogP contribution < -0.4 is 5.32 Å². The van der Waals surface area contributed by atoms with Crippen molar-refractivity contribution in [2.24, 2.45) is 7.05 Å². The van der Waals surface area contributed by atoms with E-state index in [-0.39, 0.29) is 29.9 Å². The van der Waals surface area contributed by atoms with Gasteiger partial charge in [0.15, 0.2) is 11.0 Å². The van der Waals surface area contributed by atoms with Crippen molar-refractivity contribution in [3.8, 4) is 11.4 Å². The van der Waals surface area contributed by atoms with Gasteiger partial charge in [-0.3, -0.25) is 9.59 Å². The third-order valence-corrected chi connectivity index (χ3v) is 5.13. The number of amides is 2. The summed E-state index contributed by atoms with van der Waals surface area (Å²) in [4.78, 5) is 25.8. The van der Waals surface area contributed by atoms with Crippen LogP contribution in [0.3, 0.4) is 0 Å². The molecule has 0 aliphatic carbocycles. The number of aromatic nitrogens is 3. The number of benzene rings is 2. The minimum Gasteiger partial charge on any atom is -0.336 e. The molecule has 2 amide bonds. The molecule has 0 unspecified atom stereocenters. The van der Waals surface area contributed by atoms with Crippen LogP contribution in [0.15, 0.2) is 59.8 Å². The van der Waals surface area contributed by atoms with Gasteiger partial charge in [0.1, 0.15) is 5.82 Å². The molecule has 0 atom stereocenters. The Balaban J connectivity index is 1.52. The van der Waals surface area contributed by atoms with Crippen LogP contribution in [0.4, 0.5) is 10.1 Å². The van der Waals surface area contributed by atoms with Gasteiger partial charge in [-0.2, -0.15) is 0 Å². The first kappa shape index (κ1) is 20.5. The van der Waals surface area contributed by atoms with Crippen LogP contribution in [0.25, 0.3) is 11.4 Å². The van der Waals surface area contributed by atoms with Gasteiger partial charge in [0.05, 0.1) is 12.3 Å². The van der Waals surface area contributed by atoms with Crippen molar-refractivity contribution in [3.63, 3.8) is 0 Å². The van der Waals surface area contributed by atoms with E-state index < -0.39 is 0 Å². The summed E-state index contributed by atoms with van der Waals surface area (Å²) in [5, 5.41) is 11.6. The second-order valence-corrected chi connectivity index (χ2v) is 7.27. The lowest BCUT2D eigenvalue weighted by Crippen LogP contribution is -2.36. The summed E-state index contributed by atoms with van der Waals surface area (Å²) >= 11 is 1.26. The Labute approximate surface area is 171 Å². The third-order valence-electron chi connectivity index (χ3n) is 4.13. The van der Waals surface area contributed by atoms with Crippen LogP contribution in [0, 0.1) is 5.82 Å². The highest BCUT2D eigenvalue weighted by Gasteiger charge is 2.16. The Morgan fingerprint density at radius 3 is 2.48 bits per heavy atom. The fourth-order valence-electron chi connectivity index (χ4n) is 2.55. The van der Waals surface area contributed by atoms with E-state index in [9.17, 15) is 14.0 Å². The molecule has 3 aromatic rings. The number of rotatable bonds is 7. The SMILES string of the molecule is CN(CC(=O)Nc1ccc(F)cc1)C(=O)CSc1nnc(-c2ccccc2)n1C. The molecule has 2 aromatic carbocycles. The Kier molecular flexibility index (Phi) is 6.61. The first-order valence-electron chi connectivity index (χ1n) is 8.81. The number of hydrogen-bond donors (Lipinski definition) is 1. The monoisotopic (exact) mass is 413 g/mol. The summed E-state index contributed by atoms with van der Waals surface area (Å²) < 4.78 is 14.7. The summed E-state index contributed by atoms with van der Waals surface area (Å²) in [6, 6.07) is 15.1. The van der Waals surface area contributed by atoms with Gasteiger partial charge in [-0.15, -0.1) is 10.2 Å². The number of halogens is 1. The van der Waals surface area contributed by atoms with E-state index >= 15 is 0 Å². The van der Waals surface area contributed by atoms with Crippen LogP contribution >= 0.6 is 11.8 Å². The summed E-state index contributed by atoms with van der Waals surface area (Å²) in [6.45, 7) is -0.106. The number of thioether (sulfide) groups is 1. The molecule has 0 radical (unpaired) electrons. The maximum absolute atomic E-state index is 12.9. The van der Waals surface area contributed by atoms with Gasteiger partial charge in [0, 0.05) is 25.3 Å². The fraction of sp³-hybridized carbons (Fsp3) is 0.200. The summed E-state index contributed by atoms with van der Waals surface area (Å²) in [5.41, 5.74) is 1.41. The van der Waals surface area contributed by atoms with Crippen molar-refractivity contribution in [3.05, 3.63) is 60.4 Å². The van der Waals surface area contributed by atoms with E-state index in [0.29, 0.717) is 16.7 Å². The van der Waals surface area contributed by atoms with Gasteiger partial charge in [0.2, 0.25) is 11.8 Å². The Morgan fingerprint density at radius 2 is 1.79 bits per heavy atom. The zero-order valence-corrected chi connectivity index (χ0v) is 16.8. The molecular formula is C20H20FN5O2S. The Morgan fingerprint density at radius 1 is 1.10 bits per heavy atom. The molecular weight excluding hydrogens is 393 g/mol. The summed E-state index contributed by atoms with van der Waals surface area (Å²) in [5.74, 6) is -0.115. The van der Waals surface area contributed by atoms with Crippen molar-refractivity contribution in [1.29, 1.82) is 0 Å². The lowest BCUT2D eigenvalue weighted by molar-refractivity contribution is -0.131. The van der Waals surface area contributed by atoms with Gasteiger partial charge in [-0.05, 0) is 24.3 Å². The number of nitrogens with one attached hydrogen (secondary N) is 1. The van der Waals surface area contributed by atoms with Crippen molar-refractivity contribution in [2.45, 2.75) is 5.16 Å². The number of hydrogen-bond acceptors (Lipinski definition) is 5. The van der Waals surface area contributed by atoms with E-state index in [1.165, 1.54) is 40.9 Å². The third kappa shape index (κ3) is 5.41. The van der Waals surface area contributed by atoms with E-state index in [4.69, 9.17) is 0 Å². The lowest BCUT2D eigenvalue weighted by atomic mass is 10.2. The van der Waals surface area contributed by atoms with Crippen molar-refractivity contribution in [1.82, 2.24) is 19.7 Å². The molecule has 9 heteroatoms. The molecule has 0 spiro atoms. The van der Waals surface area contributed by atoms with Gasteiger partial charge >= 0.3 is 0 Å². The molecule has 3 rings (SSSR count). The molecule has 0 fully saturated rings. The minimum absolute atomic E-state index is 0.106. The average Bonchev–Trinajstić information content (AvgIpc) is 3.08. The van der Waals surface area contributed by atoms with Gasteiger partial charge in [-0.25, -0.2) is 4.39 Å². The highest BCUT2D eigenvalue weighted by atomic mass is 32.2. The number of carbonyl (C=O) groups is 2. The molecule has 29 heavy (non-hydrogen) atoms. The maximum Gasteiger partial charge on any atom is 0.243 e. The molecule has 1 N–H and O–H groups in total. The van der Waals surface area contributed by atoms with Crippen LogP contribution in [-0.2, 0) is 16.6 Å². The second kappa shape index (κ2) is 9.33. The topological polar surface area (TPSA) is 80.1 Å². The van der Waals surface area contributed by atoms with Crippen LogP contribution in [-0.4, -0.2) is 50.8 Å². The first-order chi connectivity index (χ1) is 13.9. The Bertz CT molecular complexity index is 992. The van der Waals surface area contributed by atoms with E-state index in [0.717, 1.165) is 5.56 Å². The van der Waals surface area contributed by atoms with Gasteiger partial charge in [0.25, 0.3) is 0 Å². The number of carbonyl (C=O) groups excluding carboxylic acids is 2. The molecule has 0 aliphatic rings. The number of nitrogens with zero attached hydrogens (tertiary/aromatic N) is 4. The van der Waals surface area contributed by atoms with Gasteiger partial charge in [-0.1, -0.05) is 42.1 Å². The van der Waals surface area contributed by atoms with E-state index in [2.05, 4.69) is 15.5 Å². The van der Waals surface area contributed by atoms with Crippen LogP contribution in [0.2, 0.25) is 0 Å². The quantitative estimate of drug-likeness (QED) is 0.603. The minimum atomic E-state index is -0.383. The first-order valence-corrected chi connectivity index (χ1v) is 9.79. The summed E-state index contributed by atoms with van der Waals surface area (Å²) in [7, 11) is 3.40. The second-order valence-electron chi connectivity index (χ2n) is 6.32. The molecule has 7 nitrogen and oxygen atoms in total. The summed E-state index contributed by atoms with van der Waals surface area (Å²) in [6.07, 6.45) is 0. The average molecular weight is 413 g/mol. The van der Waals surface area contributed by atoms with Crippen molar-refractivity contribution in [2.75, 3.05) is 24.7 Å². The number of anilines is 1. The largest absolute Gasteiger partial charge is 0.336 e. The standard InChI is InChI=1S/C20H20FN5O2S/c1-25(12-17(27)22-16-10-8-15(21)9-11-16)18(28)13-29-20-24-23-19(26(20)2)14-6-4-3-5-7-14/h3-11H,12-13H2,1-2H3,(H,22,27). The Hall–Kier alpha value is -3.20. The van der Waals surface area contributed by atoms with E-state index in [1.807, 2.05) is 41.9 Å². The zero-order valence-electron chi connectivity index (χ0n) is 16.0. The molecule has 150 valence electrons. The normalized spacial score (nSPS) is 10.6. The molecule has 0 saturated heterocycles. The predicted molar refractivity (Wildman–Crippen MR) is 110 cm³/mol. The molecule has 0 aliphatic heterocycles. The van der Waals surface area contributed by atoms with E-state index in [1.54, 1.807) is 7.05 Å². The zero-order chi connectivity index (χ0) is 20.8. The van der Waals surface area contributed by atoms with Gasteiger partial charge < -0.3 is 14.8 Å². The van der Waals surface area contributed by atoms with Crippen molar-refractivity contribution < 1.29 is 14.0 Å². The smallest absolute Gasteiger partial charge is 0.243 e. The molecule has 0 bridgehead atoms. The highest BCUT2D eigenvalue weighted by molar-refractivity contribution is 7.99. The molecule has 1 aromatic heterocycles. The van der Waals surface area contributed by atoms with Crippen LogP contribution in [0.5, 0.6) is 0 Å². The lowest BCUT2D eigenvalue weighted by Gasteiger charge is -2.16. The maximum atomic E-state index is 12.9. The molecule has 0 saturated carbocycles. The number of likely N-dealkylation sites (N-methyl/N-ethyl adjacent to an activating group) is 1. The highest BCUT2D eigenvalue weighted by Crippen LogP contribution is 2.22. The predicted octanol–water partition coefficient (Wildman–Crippen LogP) is 2.81. The van der Waals surface area contributed by atoms with Crippen molar-refractivity contribution >= 4 is 29.3 Å². The fourth-order valence-corrected chi connectivity index (χ4v) is 3.40. The molecule has 1 heterocycles.